The first-order valence-electron chi connectivity index (χ1n) is 9.30. The van der Waals surface area contributed by atoms with Crippen LogP contribution in [0.2, 0.25) is 0 Å². The lowest BCUT2D eigenvalue weighted by Crippen LogP contribution is -2.25. The van der Waals surface area contributed by atoms with Crippen molar-refractivity contribution in [2.75, 3.05) is 20.0 Å². The van der Waals surface area contributed by atoms with Gasteiger partial charge >= 0.3 is 0 Å². The fourth-order valence-corrected chi connectivity index (χ4v) is 4.04. The number of benzene rings is 2. The molecule has 0 fully saturated rings. The lowest BCUT2D eigenvalue weighted by molar-refractivity contribution is -0.118. The molecule has 0 aliphatic heterocycles. The number of ether oxygens (including phenoxy) is 2. The minimum Gasteiger partial charge on any atom is -0.497 e. The Bertz CT molecular complexity index is 1080. The molecule has 6 nitrogen and oxygen atoms in total. The highest BCUT2D eigenvalue weighted by atomic mass is 32.2. The van der Waals surface area contributed by atoms with Crippen LogP contribution in [0.1, 0.15) is 12.5 Å². The van der Waals surface area contributed by atoms with Gasteiger partial charge in [-0.25, -0.2) is 0 Å². The van der Waals surface area contributed by atoms with Crippen LogP contribution < -0.4 is 20.3 Å². The number of carbonyl (C=O) groups excluding carboxylic acids is 1. The SMILES string of the molecule is CCn1c(=O)cc(SCC(=O)NCc2ccc(OC)cc2OC)c2ccccc21. The number of nitrogens with zero attached hydrogens (tertiary/aromatic N) is 1. The van der Waals surface area contributed by atoms with Gasteiger partial charge in [0, 0.05) is 41.1 Å². The lowest BCUT2D eigenvalue weighted by Gasteiger charge is -2.13. The summed E-state index contributed by atoms with van der Waals surface area (Å²) in [7, 11) is 3.18. The largest absolute Gasteiger partial charge is 0.497 e. The minimum atomic E-state index is -0.114. The molecule has 29 heavy (non-hydrogen) atoms. The fourth-order valence-electron chi connectivity index (χ4n) is 3.14. The molecule has 1 aromatic heterocycles. The quantitative estimate of drug-likeness (QED) is 0.574. The zero-order valence-corrected chi connectivity index (χ0v) is 17.5. The normalized spacial score (nSPS) is 10.7. The zero-order chi connectivity index (χ0) is 20.8. The molecule has 0 saturated carbocycles. The molecule has 3 aromatic rings. The van der Waals surface area contributed by atoms with Gasteiger partial charge in [-0.05, 0) is 25.1 Å². The summed E-state index contributed by atoms with van der Waals surface area (Å²) in [5, 5.41) is 3.88. The third-order valence-corrected chi connectivity index (χ3v) is 5.68. The molecular weight excluding hydrogens is 388 g/mol. The predicted octanol–water partition coefficient (Wildman–Crippen LogP) is 3.45. The van der Waals surface area contributed by atoms with Crippen LogP contribution in [0, 0.1) is 0 Å². The van der Waals surface area contributed by atoms with Gasteiger partial charge < -0.3 is 19.4 Å². The second-order valence-corrected chi connectivity index (χ2v) is 7.37. The van der Waals surface area contributed by atoms with Gasteiger partial charge in [-0.2, -0.15) is 0 Å². The average Bonchev–Trinajstić information content (AvgIpc) is 2.75. The number of rotatable bonds is 8. The first-order valence-corrected chi connectivity index (χ1v) is 10.3. The molecule has 0 spiro atoms. The van der Waals surface area contributed by atoms with Crippen LogP contribution in [0.25, 0.3) is 10.9 Å². The van der Waals surface area contributed by atoms with Crippen molar-refractivity contribution in [2.45, 2.75) is 24.9 Å². The maximum absolute atomic E-state index is 12.4. The molecule has 1 N–H and O–H groups in total. The Labute approximate surface area is 173 Å². The van der Waals surface area contributed by atoms with Gasteiger partial charge in [-0.1, -0.05) is 18.2 Å². The number of hydrogen-bond donors (Lipinski definition) is 1. The smallest absolute Gasteiger partial charge is 0.252 e. The Hall–Kier alpha value is -2.93. The summed E-state index contributed by atoms with van der Waals surface area (Å²) in [6.07, 6.45) is 0. The van der Waals surface area contributed by atoms with Crippen molar-refractivity contribution >= 4 is 28.6 Å². The first kappa shape index (κ1) is 20.8. The monoisotopic (exact) mass is 412 g/mol. The van der Waals surface area contributed by atoms with Crippen molar-refractivity contribution in [1.82, 2.24) is 9.88 Å². The highest BCUT2D eigenvalue weighted by Crippen LogP contribution is 2.27. The number of fused-ring (bicyclic) bond motifs is 1. The summed E-state index contributed by atoms with van der Waals surface area (Å²) >= 11 is 1.37. The molecule has 152 valence electrons. The Morgan fingerprint density at radius 3 is 2.62 bits per heavy atom. The second kappa shape index (κ2) is 9.52. The van der Waals surface area contributed by atoms with E-state index in [4.69, 9.17) is 9.47 Å². The summed E-state index contributed by atoms with van der Waals surface area (Å²) in [6.45, 7) is 2.90. The summed E-state index contributed by atoms with van der Waals surface area (Å²) in [5.41, 5.74) is 1.69. The molecule has 7 heteroatoms. The van der Waals surface area contributed by atoms with E-state index in [-0.39, 0.29) is 17.2 Å². The fraction of sp³-hybridized carbons (Fsp3) is 0.273. The average molecular weight is 413 g/mol. The number of pyridine rings is 1. The molecule has 0 saturated heterocycles. The number of hydrogen-bond acceptors (Lipinski definition) is 5. The van der Waals surface area contributed by atoms with Gasteiger partial charge in [0.1, 0.15) is 11.5 Å². The van der Waals surface area contributed by atoms with E-state index in [1.807, 2.05) is 43.3 Å². The first-order chi connectivity index (χ1) is 14.1. The molecule has 0 aliphatic rings. The Kier molecular flexibility index (Phi) is 6.82. The number of aromatic nitrogens is 1. The van der Waals surface area contributed by atoms with Crippen LogP contribution in [0.5, 0.6) is 11.5 Å². The third-order valence-electron chi connectivity index (χ3n) is 4.63. The molecular formula is C22H24N2O4S. The van der Waals surface area contributed by atoms with Gasteiger partial charge in [-0.3, -0.25) is 9.59 Å². The maximum Gasteiger partial charge on any atom is 0.252 e. The third kappa shape index (κ3) is 4.74. The lowest BCUT2D eigenvalue weighted by atomic mass is 10.2. The van der Waals surface area contributed by atoms with E-state index in [1.165, 1.54) is 11.8 Å². The molecule has 0 atom stereocenters. The van der Waals surface area contributed by atoms with Crippen molar-refractivity contribution in [2.24, 2.45) is 0 Å². The number of carbonyl (C=O) groups is 1. The van der Waals surface area contributed by atoms with E-state index in [0.29, 0.717) is 24.6 Å². The standard InChI is InChI=1S/C22H24N2O4S/c1-4-24-18-8-6-5-7-17(18)20(12-22(24)26)29-14-21(25)23-13-15-9-10-16(27-2)11-19(15)28-3/h5-12H,4,13-14H2,1-3H3,(H,23,25). The van der Waals surface area contributed by atoms with Crippen molar-refractivity contribution in [3.8, 4) is 11.5 Å². The zero-order valence-electron chi connectivity index (χ0n) is 16.7. The Morgan fingerprint density at radius 2 is 1.90 bits per heavy atom. The molecule has 0 radical (unpaired) electrons. The van der Waals surface area contributed by atoms with Crippen LogP contribution in [-0.2, 0) is 17.9 Å². The number of methoxy groups -OCH3 is 2. The number of nitrogens with one attached hydrogen (secondary N) is 1. The molecule has 0 aliphatic carbocycles. The molecule has 0 bridgehead atoms. The van der Waals surface area contributed by atoms with E-state index in [1.54, 1.807) is 30.9 Å². The van der Waals surface area contributed by atoms with Crippen LogP contribution >= 0.6 is 11.8 Å². The van der Waals surface area contributed by atoms with Crippen molar-refractivity contribution < 1.29 is 14.3 Å². The van der Waals surface area contributed by atoms with Gasteiger partial charge in [0.25, 0.3) is 5.56 Å². The van der Waals surface area contributed by atoms with Gasteiger partial charge in [0.2, 0.25) is 5.91 Å². The number of aryl methyl sites for hydroxylation is 1. The number of para-hydroxylation sites is 1. The maximum atomic E-state index is 12.4. The van der Waals surface area contributed by atoms with E-state index < -0.39 is 0 Å². The second-order valence-electron chi connectivity index (χ2n) is 6.35. The van der Waals surface area contributed by atoms with Crippen molar-refractivity contribution in [3.05, 3.63) is 64.4 Å². The van der Waals surface area contributed by atoms with Crippen LogP contribution in [-0.4, -0.2) is 30.4 Å². The Balaban J connectivity index is 1.68. The number of amides is 1. The van der Waals surface area contributed by atoms with Gasteiger partial charge in [0.15, 0.2) is 0 Å². The van der Waals surface area contributed by atoms with Crippen LogP contribution in [0.4, 0.5) is 0 Å². The highest BCUT2D eigenvalue weighted by molar-refractivity contribution is 8.00. The van der Waals surface area contributed by atoms with Crippen LogP contribution in [0.3, 0.4) is 0 Å². The van der Waals surface area contributed by atoms with E-state index in [2.05, 4.69) is 5.32 Å². The molecule has 1 amide bonds. The predicted molar refractivity (Wildman–Crippen MR) is 116 cm³/mol. The summed E-state index contributed by atoms with van der Waals surface area (Å²) in [5.74, 6) is 1.46. The van der Waals surface area contributed by atoms with Crippen molar-refractivity contribution in [3.63, 3.8) is 0 Å². The van der Waals surface area contributed by atoms with E-state index in [0.717, 1.165) is 21.4 Å². The van der Waals surface area contributed by atoms with E-state index in [9.17, 15) is 9.59 Å². The molecule has 2 aromatic carbocycles. The summed E-state index contributed by atoms with van der Waals surface area (Å²) < 4.78 is 12.3. The van der Waals surface area contributed by atoms with Crippen molar-refractivity contribution in [1.29, 1.82) is 0 Å². The van der Waals surface area contributed by atoms with Crippen LogP contribution in [0.15, 0.2) is 58.2 Å². The summed E-state index contributed by atoms with van der Waals surface area (Å²) in [4.78, 5) is 25.6. The van der Waals surface area contributed by atoms with E-state index >= 15 is 0 Å². The topological polar surface area (TPSA) is 69.6 Å². The van der Waals surface area contributed by atoms with Gasteiger partial charge in [-0.15, -0.1) is 11.8 Å². The Morgan fingerprint density at radius 1 is 1.10 bits per heavy atom. The molecule has 0 unspecified atom stereocenters. The van der Waals surface area contributed by atoms with Gasteiger partial charge in [0.05, 0.1) is 25.5 Å². The minimum absolute atomic E-state index is 0.0583. The summed E-state index contributed by atoms with van der Waals surface area (Å²) in [6, 6.07) is 14.8. The molecule has 1 heterocycles. The molecule has 3 rings (SSSR count). The highest BCUT2D eigenvalue weighted by Gasteiger charge is 2.11. The number of thioether (sulfide) groups is 1.